The molecule has 0 aliphatic heterocycles. The third kappa shape index (κ3) is 4.89. The first-order chi connectivity index (χ1) is 7.40. The first-order valence-electron chi connectivity index (χ1n) is 5.41. The van der Waals surface area contributed by atoms with Crippen LogP contribution in [0, 0.1) is 5.82 Å². The fraction of sp³-hybridized carbons (Fsp3) is 0.500. The van der Waals surface area contributed by atoms with Crippen LogP contribution >= 0.6 is 23.4 Å². The molecule has 0 atom stereocenters. The van der Waals surface area contributed by atoms with Crippen LogP contribution in [0.25, 0.3) is 0 Å². The van der Waals surface area contributed by atoms with Gasteiger partial charge in [-0.1, -0.05) is 37.3 Å². The van der Waals surface area contributed by atoms with Gasteiger partial charge in [-0.3, -0.25) is 0 Å². The minimum Gasteiger partial charge on any atom is -0.207 e. The van der Waals surface area contributed by atoms with Gasteiger partial charge in [-0.15, -0.1) is 0 Å². The minimum absolute atomic E-state index is 0.187. The van der Waals surface area contributed by atoms with Crippen molar-refractivity contribution in [3.05, 3.63) is 34.6 Å². The van der Waals surface area contributed by atoms with Crippen molar-refractivity contribution in [1.29, 1.82) is 0 Å². The average Bonchev–Trinajstić information content (AvgIpc) is 2.14. The van der Waals surface area contributed by atoms with Crippen molar-refractivity contribution >= 4 is 31.4 Å². The van der Waals surface area contributed by atoms with Crippen molar-refractivity contribution in [3.8, 4) is 0 Å². The number of benzene rings is 1. The molecule has 0 saturated heterocycles. The second-order valence-electron chi connectivity index (χ2n) is 5.06. The van der Waals surface area contributed by atoms with Gasteiger partial charge in [-0.2, -0.15) is 11.8 Å². The lowest BCUT2D eigenvalue weighted by atomic mass is 10.2. The van der Waals surface area contributed by atoms with Crippen LogP contribution in [0.4, 0.5) is 4.39 Å². The molecule has 0 fully saturated rings. The number of hydrogen-bond acceptors (Lipinski definition) is 1. The van der Waals surface area contributed by atoms with Gasteiger partial charge in [-0.25, -0.2) is 4.39 Å². The van der Waals surface area contributed by atoms with Gasteiger partial charge in [0.15, 0.2) is 0 Å². The molecule has 0 unspecified atom stereocenters. The third-order valence-electron chi connectivity index (χ3n) is 2.30. The van der Waals surface area contributed by atoms with E-state index in [1.165, 1.54) is 12.1 Å². The Hall–Kier alpha value is 0.00688. The van der Waals surface area contributed by atoms with E-state index in [2.05, 4.69) is 19.6 Å². The Morgan fingerprint density at radius 1 is 1.31 bits per heavy atom. The van der Waals surface area contributed by atoms with Crippen LogP contribution in [0.3, 0.4) is 0 Å². The lowest BCUT2D eigenvalue weighted by Gasteiger charge is -2.15. The minimum atomic E-state index is -0.970. The monoisotopic (exact) mass is 276 g/mol. The molecule has 1 aromatic rings. The molecule has 16 heavy (non-hydrogen) atoms. The predicted molar refractivity (Wildman–Crippen MR) is 75.7 cm³/mol. The lowest BCUT2D eigenvalue weighted by Crippen LogP contribution is -2.19. The third-order valence-corrected chi connectivity index (χ3v) is 5.76. The molecule has 0 aliphatic carbocycles. The Kier molecular flexibility index (Phi) is 5.35. The van der Waals surface area contributed by atoms with Crippen molar-refractivity contribution in [2.45, 2.75) is 31.4 Å². The van der Waals surface area contributed by atoms with E-state index < -0.39 is 8.07 Å². The highest BCUT2D eigenvalue weighted by atomic mass is 35.5. The van der Waals surface area contributed by atoms with Gasteiger partial charge in [0.25, 0.3) is 0 Å². The molecular weight excluding hydrogens is 259 g/mol. The molecule has 0 aromatic heterocycles. The van der Waals surface area contributed by atoms with Crippen LogP contribution < -0.4 is 0 Å². The zero-order valence-corrected chi connectivity index (χ0v) is 12.6. The Morgan fingerprint density at radius 3 is 2.56 bits per heavy atom. The molecule has 0 aliphatic rings. The summed E-state index contributed by atoms with van der Waals surface area (Å²) in [6.45, 7) is 7.05. The molecule has 1 rings (SSSR count). The van der Waals surface area contributed by atoms with Gasteiger partial charge >= 0.3 is 0 Å². The summed E-state index contributed by atoms with van der Waals surface area (Å²) in [6.07, 6.45) is 0. The van der Waals surface area contributed by atoms with Crippen LogP contribution in [-0.2, 0) is 5.75 Å². The van der Waals surface area contributed by atoms with Gasteiger partial charge < -0.3 is 0 Å². The summed E-state index contributed by atoms with van der Waals surface area (Å²) in [7, 11) is -0.970. The Labute approximate surface area is 108 Å². The number of hydrogen-bond donors (Lipinski definition) is 0. The van der Waals surface area contributed by atoms with E-state index in [-0.39, 0.29) is 5.82 Å². The normalized spacial score (nSPS) is 11.8. The van der Waals surface area contributed by atoms with Crippen molar-refractivity contribution in [2.75, 3.05) is 5.75 Å². The molecule has 0 N–H and O–H groups in total. The van der Waals surface area contributed by atoms with E-state index in [4.69, 9.17) is 11.6 Å². The Balaban J connectivity index is 2.43. The second kappa shape index (κ2) is 6.08. The molecular formula is C12H18ClFSSi. The molecule has 4 heteroatoms. The van der Waals surface area contributed by atoms with E-state index in [9.17, 15) is 4.39 Å². The van der Waals surface area contributed by atoms with Crippen LogP contribution in [-0.4, -0.2) is 13.8 Å². The van der Waals surface area contributed by atoms with Gasteiger partial charge in [0.2, 0.25) is 0 Å². The van der Waals surface area contributed by atoms with Crippen LogP contribution in [0.1, 0.15) is 5.56 Å². The summed E-state index contributed by atoms with van der Waals surface area (Å²) in [4.78, 5) is 0. The SMILES string of the molecule is C[Si](C)(C)CCSCc1c(F)cccc1Cl. The zero-order chi connectivity index (χ0) is 12.2. The molecule has 90 valence electrons. The maximum absolute atomic E-state index is 13.4. The molecule has 0 bridgehead atoms. The highest BCUT2D eigenvalue weighted by molar-refractivity contribution is 7.98. The topological polar surface area (TPSA) is 0 Å². The van der Waals surface area contributed by atoms with Crippen molar-refractivity contribution in [3.63, 3.8) is 0 Å². The summed E-state index contributed by atoms with van der Waals surface area (Å²) in [5, 5.41) is 0.542. The van der Waals surface area contributed by atoms with Crippen LogP contribution in [0.2, 0.25) is 30.7 Å². The van der Waals surface area contributed by atoms with Gasteiger partial charge in [0.05, 0.1) is 0 Å². The van der Waals surface area contributed by atoms with Crippen LogP contribution in [0.15, 0.2) is 18.2 Å². The van der Waals surface area contributed by atoms with Gasteiger partial charge in [-0.05, 0) is 23.9 Å². The first-order valence-corrected chi connectivity index (χ1v) is 10.6. The molecule has 0 saturated carbocycles. The molecule has 0 spiro atoms. The quantitative estimate of drug-likeness (QED) is 0.536. The van der Waals surface area contributed by atoms with Gasteiger partial charge in [0, 0.05) is 24.4 Å². The van der Waals surface area contributed by atoms with Crippen molar-refractivity contribution in [2.24, 2.45) is 0 Å². The highest BCUT2D eigenvalue weighted by Gasteiger charge is 2.13. The smallest absolute Gasteiger partial charge is 0.128 e. The molecule has 0 amide bonds. The van der Waals surface area contributed by atoms with E-state index in [0.29, 0.717) is 16.3 Å². The summed E-state index contributed by atoms with van der Waals surface area (Å²) in [6, 6.07) is 6.14. The predicted octanol–water partition coefficient (Wildman–Crippen LogP) is 5.05. The first kappa shape index (κ1) is 14.1. The standard InChI is InChI=1S/C12H18ClFSSi/c1-16(2,3)8-7-15-9-10-11(13)5-4-6-12(10)14/h4-6H,7-9H2,1-3H3. The molecule has 0 nitrogen and oxygen atoms in total. The zero-order valence-electron chi connectivity index (χ0n) is 10.0. The number of thioether (sulfide) groups is 1. The Morgan fingerprint density at radius 2 is 2.00 bits per heavy atom. The van der Waals surface area contributed by atoms with Crippen LogP contribution in [0.5, 0.6) is 0 Å². The summed E-state index contributed by atoms with van der Waals surface area (Å²) >= 11 is 7.73. The number of rotatable bonds is 5. The summed E-state index contributed by atoms with van der Waals surface area (Å²) < 4.78 is 13.4. The summed E-state index contributed by atoms with van der Waals surface area (Å²) in [5.74, 6) is 1.59. The van der Waals surface area contributed by atoms with Crippen molar-refractivity contribution in [1.82, 2.24) is 0 Å². The van der Waals surface area contributed by atoms with E-state index in [1.54, 1.807) is 23.9 Å². The fourth-order valence-corrected chi connectivity index (χ4v) is 5.20. The molecule has 0 radical (unpaired) electrons. The molecule has 1 aromatic carbocycles. The number of halogens is 2. The largest absolute Gasteiger partial charge is 0.207 e. The van der Waals surface area contributed by atoms with Crippen molar-refractivity contribution < 1.29 is 4.39 Å². The second-order valence-corrected chi connectivity index (χ2v) is 12.2. The highest BCUT2D eigenvalue weighted by Crippen LogP contribution is 2.25. The van der Waals surface area contributed by atoms with E-state index in [0.717, 1.165) is 5.75 Å². The Bertz CT molecular complexity index is 329. The lowest BCUT2D eigenvalue weighted by molar-refractivity contribution is 0.617. The maximum atomic E-state index is 13.4. The van der Waals surface area contributed by atoms with E-state index >= 15 is 0 Å². The average molecular weight is 277 g/mol. The van der Waals surface area contributed by atoms with Gasteiger partial charge in [0.1, 0.15) is 5.82 Å². The van der Waals surface area contributed by atoms with E-state index in [1.807, 2.05) is 0 Å². The fourth-order valence-electron chi connectivity index (χ4n) is 1.22. The maximum Gasteiger partial charge on any atom is 0.128 e. The summed E-state index contributed by atoms with van der Waals surface area (Å²) in [5.41, 5.74) is 0.643. The molecule has 0 heterocycles.